The summed E-state index contributed by atoms with van der Waals surface area (Å²) in [4.78, 5) is 57.3. The smallest absolute Gasteiger partial charge is 0.322 e. The summed E-state index contributed by atoms with van der Waals surface area (Å²) in [6.45, 7) is 17.4. The number of anilines is 2. The molecule has 9 heterocycles. The van der Waals surface area contributed by atoms with Crippen LogP contribution in [0.3, 0.4) is 0 Å². The summed E-state index contributed by atoms with van der Waals surface area (Å²) in [5.41, 5.74) is 4.25. The maximum atomic E-state index is 15.5. The molecule has 590 valence electrons. The molecule has 3 unspecified atom stereocenters. The zero-order chi connectivity index (χ0) is 77.9. The van der Waals surface area contributed by atoms with Crippen molar-refractivity contribution in [2.75, 3.05) is 118 Å². The first-order valence-corrected chi connectivity index (χ1v) is 39.0. The number of H-pyrrole nitrogens is 1. The Morgan fingerprint density at radius 1 is 0.640 bits per heavy atom. The van der Waals surface area contributed by atoms with Crippen LogP contribution < -0.4 is 28.7 Å². The Morgan fingerprint density at radius 3 is 1.66 bits per heavy atom. The number of carbonyl (C=O) groups excluding carboxylic acids is 3. The van der Waals surface area contributed by atoms with E-state index in [9.17, 15) is 19.8 Å². The maximum absolute atomic E-state index is 15.5. The van der Waals surface area contributed by atoms with Gasteiger partial charge in [-0.25, -0.2) is 0 Å². The van der Waals surface area contributed by atoms with Gasteiger partial charge in [-0.2, -0.15) is 0 Å². The van der Waals surface area contributed by atoms with E-state index >= 15 is 4.79 Å². The number of aromatic nitrogens is 1. The van der Waals surface area contributed by atoms with E-state index in [1.54, 1.807) is 35.4 Å². The van der Waals surface area contributed by atoms with Crippen molar-refractivity contribution in [1.82, 2.24) is 19.7 Å². The highest BCUT2D eigenvalue weighted by Crippen LogP contribution is 2.70. The van der Waals surface area contributed by atoms with Crippen LogP contribution in [0, 0.1) is 40.9 Å². The molecule has 2 aliphatic carbocycles. The Kier molecular flexibility index (Phi) is 22.7. The second-order valence-electron chi connectivity index (χ2n) is 31.8. The average molecular weight is 1510 g/mol. The van der Waals surface area contributed by atoms with E-state index in [0.717, 1.165) is 145 Å². The summed E-state index contributed by atoms with van der Waals surface area (Å²) < 4.78 is 54.5. The van der Waals surface area contributed by atoms with Crippen molar-refractivity contribution >= 4 is 40.2 Å². The number of aromatic amines is 1. The summed E-state index contributed by atoms with van der Waals surface area (Å²) in [5.74, 6) is 8.80. The topological polar surface area (TPSA) is 207 Å². The van der Waals surface area contributed by atoms with Gasteiger partial charge in [-0.05, 0) is 153 Å². The number of fused-ring (bicyclic) bond motifs is 7. The van der Waals surface area contributed by atoms with Crippen LogP contribution in [0.2, 0.25) is 0 Å². The Labute approximate surface area is 655 Å². The predicted octanol–water partition coefficient (Wildman–Crippen LogP) is 11.8. The number of aliphatic hydroxyl groups is 2. The van der Waals surface area contributed by atoms with Crippen LogP contribution >= 0.6 is 0 Å². The zero-order valence-corrected chi connectivity index (χ0v) is 66.1. The second kappa shape index (κ2) is 31.5. The van der Waals surface area contributed by atoms with E-state index in [1.807, 2.05) is 74.8 Å². The molecule has 2 saturated carbocycles. The number of nitrogens with one attached hydrogen (secondary N) is 1. The number of esters is 3. The molecule has 16 rings (SSSR count). The molecule has 2 spiro atoms. The molecule has 20 heteroatoms. The molecule has 20 nitrogen and oxygen atoms in total. The standard InChI is InChI=1S/C53H64N4O8.C32H40N2O6.C5H4.CH4/c1-8-34-25-36-28-52(49(59)63-7,45-39(19-23-56(29-34)30-36)38-13-10-11-14-42(38)54-45)41-26-40-43(27-44(41)62-6)55(4)47-51(40)21-24-57-22-12-20-50(9-2,46(51)57)48(65-33(3)58)53(47,60)32-64-31-35-15-17-37(61-5)18-16-35;1-6-30-14-7-16-34-17-15-31(27(30)34)25-13-12-24(38-5)18-26(25)33(3)28(31)32(36,29(30)40-21(2)35)20-39-19-22-8-10-23(37-4)11-9-22;1-3-5-4-2;/h10-18,20,25-27,36,46-48,54,60H,8-9,19,21-24,28-32H2,1-7H3;7-14,18,27-29,36H,6,15-17,19-20H2,1-5H3;1H,2H3;1H4/t36-,46?,47+,48+,50+,51+,52-,53-;27?,28-,29-,30-,31-,32+;;/m01../s1. The first-order chi connectivity index (χ1) is 53.1. The molecule has 1 aromatic heterocycles. The molecule has 4 fully saturated rings. The van der Waals surface area contributed by atoms with Crippen LogP contribution in [0.4, 0.5) is 11.4 Å². The molecule has 15 atom stereocenters. The molecule has 8 aliphatic heterocycles. The fourth-order valence-corrected chi connectivity index (χ4v) is 22.8. The lowest BCUT2D eigenvalue weighted by Gasteiger charge is -2.64. The van der Waals surface area contributed by atoms with E-state index in [-0.39, 0.29) is 62.7 Å². The number of carbonyl (C=O) groups is 3. The van der Waals surface area contributed by atoms with Gasteiger partial charge < -0.3 is 67.6 Å². The number of rotatable bonds is 19. The number of terminal acetylenes is 1. The summed E-state index contributed by atoms with van der Waals surface area (Å²) in [6.07, 6.45) is 19.3. The van der Waals surface area contributed by atoms with E-state index in [2.05, 4.69) is 141 Å². The maximum Gasteiger partial charge on any atom is 0.322 e. The largest absolute Gasteiger partial charge is 0.497 e. The average Bonchev–Trinajstić information content (AvgIpc) is 1.47. The van der Waals surface area contributed by atoms with Gasteiger partial charge in [-0.15, -0.1) is 6.42 Å². The first kappa shape index (κ1) is 80.0. The highest BCUT2D eigenvalue weighted by atomic mass is 16.6. The normalized spacial score (nSPS) is 31.2. The first-order valence-electron chi connectivity index (χ1n) is 39.0. The van der Waals surface area contributed by atoms with Gasteiger partial charge in [0.15, 0.2) is 0 Å². The number of methoxy groups -OCH3 is 5. The zero-order valence-electron chi connectivity index (χ0n) is 66.1. The summed E-state index contributed by atoms with van der Waals surface area (Å²) >= 11 is 0. The second-order valence-corrected chi connectivity index (χ2v) is 31.8. The Bertz CT molecular complexity index is 4670. The van der Waals surface area contributed by atoms with Crippen LogP contribution in [0.15, 0.2) is 139 Å². The van der Waals surface area contributed by atoms with Crippen LogP contribution in [-0.4, -0.2) is 204 Å². The lowest BCUT2D eigenvalue weighted by atomic mass is 9.47. The minimum absolute atomic E-state index is 0. The highest BCUT2D eigenvalue weighted by Gasteiger charge is 2.80. The lowest BCUT2D eigenvalue weighted by Crippen LogP contribution is -2.80. The third-order valence-corrected chi connectivity index (χ3v) is 26.6. The lowest BCUT2D eigenvalue weighted by molar-refractivity contribution is -0.234. The van der Waals surface area contributed by atoms with Gasteiger partial charge in [-0.1, -0.05) is 119 Å². The van der Waals surface area contributed by atoms with Crippen LogP contribution in [0.1, 0.15) is 127 Å². The SMILES string of the molecule is C.C#CC#CC.CCC1=C[C@@H]2CN(CCc3c([nH]c4ccccc34)[C@@](C(=O)OC)(c3cc4c(cc3OC)N(C)[C@H]3[C@@](O)(COCc5ccc(OC)cc5)[C@H](OC(C)=O)[C@]5(CC)C=CCN6CC[C@]43C65)C2)C1.CC[C@]12C=CCN3CC[C@@]4(c5ccc(OC)cc5N(C)[C@H]4[C@@](O)(COCc4ccc(OC)cc4)[C@@H]1OC(C)=O)C32. The van der Waals surface area contributed by atoms with Gasteiger partial charge in [-0.3, -0.25) is 29.1 Å². The van der Waals surface area contributed by atoms with Crippen molar-refractivity contribution in [3.63, 3.8) is 0 Å². The molecule has 2 bridgehead atoms. The number of ether oxygens (including phenoxy) is 9. The van der Waals surface area contributed by atoms with Gasteiger partial charge in [0.1, 0.15) is 51.8 Å². The minimum Gasteiger partial charge on any atom is -0.497 e. The number of nitrogens with zero attached hydrogens (tertiary/aromatic N) is 5. The molecular weight excluding hydrogens is 1400 g/mol. The fraction of sp³-hybridized carbons (Fsp3) is 0.505. The van der Waals surface area contributed by atoms with Gasteiger partial charge in [0.2, 0.25) is 0 Å². The van der Waals surface area contributed by atoms with Gasteiger partial charge in [0.05, 0.1) is 74.1 Å². The number of hydrogen-bond donors (Lipinski definition) is 3. The monoisotopic (exact) mass is 1510 g/mol. The van der Waals surface area contributed by atoms with Crippen molar-refractivity contribution < 1.29 is 67.2 Å². The van der Waals surface area contributed by atoms with Crippen LogP contribution in [0.5, 0.6) is 23.0 Å². The van der Waals surface area contributed by atoms with E-state index in [4.69, 9.17) is 49.1 Å². The summed E-state index contributed by atoms with van der Waals surface area (Å²) in [6, 6.07) is 33.3. The minimum atomic E-state index is -1.70. The van der Waals surface area contributed by atoms with Crippen molar-refractivity contribution in [2.45, 2.75) is 171 Å². The van der Waals surface area contributed by atoms with Crippen molar-refractivity contribution in [1.29, 1.82) is 0 Å². The van der Waals surface area contributed by atoms with E-state index in [1.165, 1.54) is 32.1 Å². The molecule has 2 saturated heterocycles. The van der Waals surface area contributed by atoms with Crippen molar-refractivity contribution in [2.24, 2.45) is 16.7 Å². The summed E-state index contributed by atoms with van der Waals surface area (Å²) in [7, 11) is 12.2. The molecule has 3 N–H and O–H groups in total. The molecule has 111 heavy (non-hydrogen) atoms. The Hall–Kier alpha value is -9.09. The number of hydrogen-bond acceptors (Lipinski definition) is 19. The third-order valence-electron chi connectivity index (χ3n) is 26.6. The number of likely N-dealkylation sites (N-methyl/N-ethyl adjacent to an activating group) is 2. The van der Waals surface area contributed by atoms with Gasteiger partial charge >= 0.3 is 17.9 Å². The molecule has 0 radical (unpaired) electrons. The van der Waals surface area contributed by atoms with Crippen LogP contribution in [0.25, 0.3) is 10.9 Å². The van der Waals surface area contributed by atoms with E-state index < -0.39 is 63.1 Å². The van der Waals surface area contributed by atoms with E-state index in [0.29, 0.717) is 31.6 Å². The number of para-hydroxylation sites is 1. The Balaban J connectivity index is 0.000000200. The fourth-order valence-electron chi connectivity index (χ4n) is 22.8. The molecular formula is C91H112N6O14. The van der Waals surface area contributed by atoms with Crippen molar-refractivity contribution in [3.8, 4) is 47.2 Å². The molecule has 6 aromatic rings. The van der Waals surface area contributed by atoms with Crippen molar-refractivity contribution in [3.05, 3.63) is 178 Å². The number of benzene rings is 5. The Morgan fingerprint density at radius 2 is 1.17 bits per heavy atom. The molecule has 0 amide bonds. The van der Waals surface area contributed by atoms with Gasteiger partial charge in [0.25, 0.3) is 0 Å². The molecule has 10 aliphatic rings. The highest BCUT2D eigenvalue weighted by molar-refractivity contribution is 5.94. The predicted molar refractivity (Wildman–Crippen MR) is 430 cm³/mol. The summed E-state index contributed by atoms with van der Waals surface area (Å²) in [5, 5.41) is 28.1. The molecule has 5 aromatic carbocycles. The van der Waals surface area contributed by atoms with Gasteiger partial charge in [0, 0.05) is 140 Å². The third kappa shape index (κ3) is 12.7. The quantitative estimate of drug-likeness (QED) is 0.0298. The van der Waals surface area contributed by atoms with Crippen LogP contribution in [-0.2, 0) is 73.9 Å².